The summed E-state index contributed by atoms with van der Waals surface area (Å²) in [6.07, 6.45) is 0. The quantitative estimate of drug-likeness (QED) is 0.481. The number of hydrogen-bond acceptors (Lipinski definition) is 3. The van der Waals surface area contributed by atoms with Gasteiger partial charge in [-0.05, 0) is 43.7 Å². The van der Waals surface area contributed by atoms with Gasteiger partial charge in [0.05, 0.1) is 18.5 Å². The Bertz CT molecular complexity index is 1130. The molecule has 0 aliphatic heterocycles. The van der Waals surface area contributed by atoms with Gasteiger partial charge in [0.2, 0.25) is 0 Å². The number of benzene rings is 3. The molecule has 0 fully saturated rings. The second-order valence-electron chi connectivity index (χ2n) is 6.88. The monoisotopic (exact) mass is 370 g/mol. The Kier molecular flexibility index (Phi) is 4.62. The van der Waals surface area contributed by atoms with Crippen molar-refractivity contribution >= 4 is 0 Å². The molecule has 28 heavy (non-hydrogen) atoms. The smallest absolute Gasteiger partial charge is 0.160 e. The molecule has 4 aromatic rings. The number of rotatable bonds is 4. The highest BCUT2D eigenvalue weighted by Gasteiger charge is 2.17. The van der Waals surface area contributed by atoms with Gasteiger partial charge in [-0.15, -0.1) is 0 Å². The van der Waals surface area contributed by atoms with Gasteiger partial charge in [-0.1, -0.05) is 48.0 Å². The summed E-state index contributed by atoms with van der Waals surface area (Å²) in [4.78, 5) is 8.37. The van der Waals surface area contributed by atoms with Gasteiger partial charge < -0.3 is 14.8 Å². The maximum Gasteiger partial charge on any atom is 0.160 e. The summed E-state index contributed by atoms with van der Waals surface area (Å²) in [6, 6.07) is 21.8. The van der Waals surface area contributed by atoms with Crippen LogP contribution in [0.1, 0.15) is 11.1 Å². The van der Waals surface area contributed by atoms with Gasteiger partial charge in [-0.2, -0.15) is 0 Å². The number of aromatic hydroxyl groups is 1. The van der Waals surface area contributed by atoms with Crippen molar-refractivity contribution in [3.8, 4) is 45.4 Å². The van der Waals surface area contributed by atoms with Crippen molar-refractivity contribution in [2.45, 2.75) is 13.8 Å². The maximum absolute atomic E-state index is 10.2. The van der Waals surface area contributed by atoms with Crippen LogP contribution in [-0.4, -0.2) is 22.2 Å². The molecule has 3 aromatic carbocycles. The Hall–Kier alpha value is -3.53. The first-order chi connectivity index (χ1) is 13.6. The van der Waals surface area contributed by atoms with E-state index in [0.29, 0.717) is 11.6 Å². The van der Waals surface area contributed by atoms with Crippen LogP contribution < -0.4 is 4.74 Å². The largest absolute Gasteiger partial charge is 0.504 e. The van der Waals surface area contributed by atoms with Crippen molar-refractivity contribution in [1.82, 2.24) is 9.97 Å². The first kappa shape index (κ1) is 17.9. The molecule has 0 unspecified atom stereocenters. The van der Waals surface area contributed by atoms with E-state index in [9.17, 15) is 5.11 Å². The van der Waals surface area contributed by atoms with Crippen molar-refractivity contribution in [3.63, 3.8) is 0 Å². The number of phenols is 1. The third-order valence-corrected chi connectivity index (χ3v) is 4.87. The number of phenolic OH excluding ortho intramolecular Hbond substituents is 1. The van der Waals surface area contributed by atoms with Crippen LogP contribution in [0.15, 0.2) is 66.7 Å². The van der Waals surface area contributed by atoms with Crippen LogP contribution >= 0.6 is 0 Å². The predicted octanol–water partition coefficient (Wildman–Crippen LogP) is 5.74. The van der Waals surface area contributed by atoms with Crippen LogP contribution in [0.2, 0.25) is 0 Å². The molecule has 0 amide bonds. The van der Waals surface area contributed by atoms with Crippen molar-refractivity contribution in [3.05, 3.63) is 77.9 Å². The fourth-order valence-electron chi connectivity index (χ4n) is 3.35. The van der Waals surface area contributed by atoms with Crippen molar-refractivity contribution in [1.29, 1.82) is 0 Å². The second kappa shape index (κ2) is 7.24. The van der Waals surface area contributed by atoms with Gasteiger partial charge in [-0.3, -0.25) is 0 Å². The SMILES string of the molecule is COc1ccc(-c2nc(-c3ccccc3)c(-c3cc(C)ccc3C)[nH]2)cc1O. The summed E-state index contributed by atoms with van der Waals surface area (Å²) in [5.74, 6) is 1.23. The van der Waals surface area contributed by atoms with Crippen LogP contribution in [0.25, 0.3) is 33.9 Å². The van der Waals surface area contributed by atoms with E-state index < -0.39 is 0 Å². The highest BCUT2D eigenvalue weighted by molar-refractivity contribution is 5.83. The molecule has 4 rings (SSSR count). The summed E-state index contributed by atoms with van der Waals surface area (Å²) in [5.41, 5.74) is 7.19. The average molecular weight is 370 g/mol. The molecule has 1 heterocycles. The van der Waals surface area contributed by atoms with Gasteiger partial charge >= 0.3 is 0 Å². The topological polar surface area (TPSA) is 58.1 Å². The molecule has 0 aliphatic rings. The van der Waals surface area contributed by atoms with Gasteiger partial charge in [0.15, 0.2) is 11.5 Å². The molecule has 4 heteroatoms. The Morgan fingerprint density at radius 1 is 0.893 bits per heavy atom. The lowest BCUT2D eigenvalue weighted by atomic mass is 9.99. The lowest BCUT2D eigenvalue weighted by Crippen LogP contribution is -1.88. The molecule has 1 aromatic heterocycles. The molecule has 0 saturated carbocycles. The van der Waals surface area contributed by atoms with E-state index in [0.717, 1.165) is 28.1 Å². The van der Waals surface area contributed by atoms with Crippen LogP contribution in [0.3, 0.4) is 0 Å². The molecular weight excluding hydrogens is 348 g/mol. The minimum atomic E-state index is 0.0888. The van der Waals surface area contributed by atoms with Gasteiger partial charge in [0, 0.05) is 16.7 Å². The fraction of sp³-hybridized carbons (Fsp3) is 0.125. The standard InChI is InChI=1S/C24H22N2O2/c1-15-9-10-16(2)19(13-15)23-22(17-7-5-4-6-8-17)25-24(26-23)18-11-12-21(28-3)20(27)14-18/h4-14,27H,1-3H3,(H,25,26). The lowest BCUT2D eigenvalue weighted by molar-refractivity contribution is 0.373. The molecule has 0 saturated heterocycles. The minimum Gasteiger partial charge on any atom is -0.504 e. The number of aromatic nitrogens is 2. The van der Waals surface area contributed by atoms with E-state index >= 15 is 0 Å². The van der Waals surface area contributed by atoms with E-state index in [-0.39, 0.29) is 5.75 Å². The predicted molar refractivity (Wildman–Crippen MR) is 113 cm³/mol. The average Bonchev–Trinajstić information content (AvgIpc) is 3.15. The normalized spacial score (nSPS) is 10.8. The molecule has 0 radical (unpaired) electrons. The molecule has 2 N–H and O–H groups in total. The zero-order valence-electron chi connectivity index (χ0n) is 16.2. The highest BCUT2D eigenvalue weighted by atomic mass is 16.5. The Balaban J connectivity index is 1.92. The molecule has 0 atom stereocenters. The zero-order valence-corrected chi connectivity index (χ0v) is 16.2. The second-order valence-corrected chi connectivity index (χ2v) is 6.88. The van der Waals surface area contributed by atoms with E-state index in [1.165, 1.54) is 18.2 Å². The van der Waals surface area contributed by atoms with Crippen LogP contribution in [-0.2, 0) is 0 Å². The van der Waals surface area contributed by atoms with Crippen molar-refractivity contribution < 1.29 is 9.84 Å². The molecule has 140 valence electrons. The first-order valence-corrected chi connectivity index (χ1v) is 9.17. The maximum atomic E-state index is 10.2. The van der Waals surface area contributed by atoms with E-state index in [1.807, 2.05) is 24.3 Å². The third kappa shape index (κ3) is 3.25. The number of methoxy groups -OCH3 is 1. The van der Waals surface area contributed by atoms with Crippen molar-refractivity contribution in [2.75, 3.05) is 7.11 Å². The minimum absolute atomic E-state index is 0.0888. The summed E-state index contributed by atoms with van der Waals surface area (Å²) >= 11 is 0. The number of aromatic amines is 1. The summed E-state index contributed by atoms with van der Waals surface area (Å²) in [7, 11) is 1.54. The fourth-order valence-corrected chi connectivity index (χ4v) is 3.35. The molecule has 4 nitrogen and oxygen atoms in total. The molecule has 0 aliphatic carbocycles. The van der Waals surface area contributed by atoms with E-state index in [1.54, 1.807) is 12.1 Å². The van der Waals surface area contributed by atoms with E-state index in [2.05, 4.69) is 49.2 Å². The Labute approximate surface area is 164 Å². The zero-order chi connectivity index (χ0) is 19.7. The lowest BCUT2D eigenvalue weighted by Gasteiger charge is -2.08. The molecule has 0 spiro atoms. The number of imidazole rings is 1. The number of nitrogens with one attached hydrogen (secondary N) is 1. The van der Waals surface area contributed by atoms with Gasteiger partial charge in [0.25, 0.3) is 0 Å². The number of hydrogen-bond donors (Lipinski definition) is 2. The van der Waals surface area contributed by atoms with Gasteiger partial charge in [0.1, 0.15) is 5.82 Å². The number of H-pyrrole nitrogens is 1. The first-order valence-electron chi connectivity index (χ1n) is 9.17. The van der Waals surface area contributed by atoms with Crippen LogP contribution in [0.4, 0.5) is 0 Å². The Morgan fingerprint density at radius 2 is 1.68 bits per heavy atom. The van der Waals surface area contributed by atoms with Crippen LogP contribution in [0, 0.1) is 13.8 Å². The summed E-state index contributed by atoms with van der Waals surface area (Å²) in [6.45, 7) is 4.19. The van der Waals surface area contributed by atoms with E-state index in [4.69, 9.17) is 9.72 Å². The highest BCUT2D eigenvalue weighted by Crippen LogP contribution is 2.36. The van der Waals surface area contributed by atoms with Gasteiger partial charge in [-0.25, -0.2) is 4.98 Å². The molecular formula is C24H22N2O2. The number of nitrogens with zero attached hydrogens (tertiary/aromatic N) is 1. The third-order valence-electron chi connectivity index (χ3n) is 4.87. The van der Waals surface area contributed by atoms with Crippen LogP contribution in [0.5, 0.6) is 11.5 Å². The summed E-state index contributed by atoms with van der Waals surface area (Å²) in [5, 5.41) is 10.2. The molecule has 0 bridgehead atoms. The number of ether oxygens (including phenoxy) is 1. The number of aryl methyl sites for hydroxylation is 2. The van der Waals surface area contributed by atoms with Crippen molar-refractivity contribution in [2.24, 2.45) is 0 Å². The summed E-state index contributed by atoms with van der Waals surface area (Å²) < 4.78 is 5.15. The Morgan fingerprint density at radius 3 is 2.39 bits per heavy atom.